The van der Waals surface area contributed by atoms with Crippen LogP contribution in [0.3, 0.4) is 0 Å². The summed E-state index contributed by atoms with van der Waals surface area (Å²) in [5.74, 6) is 0. The second kappa shape index (κ2) is 6.97. The maximum atomic E-state index is 6.19. The van der Waals surface area contributed by atoms with Crippen LogP contribution in [0.25, 0.3) is 0 Å². The molecule has 0 N–H and O–H groups in total. The highest BCUT2D eigenvalue weighted by molar-refractivity contribution is 6.54. The normalized spacial score (nSPS) is 13.6. The smallest absolute Gasteiger partial charge is 0.186 e. The van der Waals surface area contributed by atoms with E-state index < -0.39 is 9.04 Å². The number of unbranched alkanes of at least 4 members (excludes halogenated alkanes) is 1. The molecule has 1 nitrogen and oxygen atoms in total. The molecule has 0 fully saturated rings. The van der Waals surface area contributed by atoms with Crippen LogP contribution in [0, 0.1) is 0 Å². The van der Waals surface area contributed by atoms with Crippen molar-refractivity contribution in [1.82, 2.24) is 0 Å². The maximum absolute atomic E-state index is 6.19. The molecule has 0 saturated heterocycles. The molecule has 1 aromatic rings. The van der Waals surface area contributed by atoms with Crippen LogP contribution in [0.5, 0.6) is 0 Å². The van der Waals surface area contributed by atoms with E-state index in [4.69, 9.17) is 4.43 Å². The Morgan fingerprint density at radius 2 is 1.76 bits per heavy atom. The van der Waals surface area contributed by atoms with Crippen LogP contribution < -0.4 is 0 Å². The molecule has 0 amide bonds. The third kappa shape index (κ3) is 5.51. The Balaban J connectivity index is 2.58. The number of benzene rings is 1. The average molecular weight is 250 g/mol. The summed E-state index contributed by atoms with van der Waals surface area (Å²) in [6, 6.07) is 11.9. The van der Waals surface area contributed by atoms with E-state index in [1.54, 1.807) is 0 Å². The van der Waals surface area contributed by atoms with Gasteiger partial charge in [0, 0.05) is 6.61 Å². The fourth-order valence-electron chi connectivity index (χ4n) is 1.81. The fraction of sp³-hybridized carbons (Fsp3) is 0.600. The molecule has 0 aliphatic rings. The summed E-state index contributed by atoms with van der Waals surface area (Å²) in [6.07, 6.45) is 2.41. The lowest BCUT2D eigenvalue weighted by molar-refractivity contribution is 0.293. The summed E-state index contributed by atoms with van der Waals surface area (Å²) in [4.78, 5) is 0. The van der Waals surface area contributed by atoms with E-state index in [-0.39, 0.29) is 0 Å². The summed E-state index contributed by atoms with van der Waals surface area (Å²) in [6.45, 7) is 10.1. The molecule has 1 rings (SSSR count). The zero-order valence-electron chi connectivity index (χ0n) is 11.7. The monoisotopic (exact) mass is 250 g/mol. The molecule has 1 unspecified atom stereocenters. The summed E-state index contributed by atoms with van der Waals surface area (Å²) >= 11 is 0. The number of hydrogen-bond donors (Lipinski definition) is 0. The van der Waals surface area contributed by atoms with E-state index in [0.29, 0.717) is 5.04 Å². The largest absolute Gasteiger partial charge is 0.419 e. The second-order valence-corrected chi connectivity index (χ2v) is 9.22. The van der Waals surface area contributed by atoms with Crippen LogP contribution in [0.15, 0.2) is 30.3 Å². The quantitative estimate of drug-likeness (QED) is 0.545. The Kier molecular flexibility index (Phi) is 5.93. The van der Waals surface area contributed by atoms with Crippen molar-refractivity contribution in [1.29, 1.82) is 0 Å². The van der Waals surface area contributed by atoms with Gasteiger partial charge in [0.25, 0.3) is 0 Å². The molecule has 0 saturated carbocycles. The van der Waals surface area contributed by atoms with E-state index in [2.05, 4.69) is 58.0 Å². The van der Waals surface area contributed by atoms with Gasteiger partial charge >= 0.3 is 0 Å². The van der Waals surface area contributed by atoms with Crippen molar-refractivity contribution in [3.05, 3.63) is 35.9 Å². The number of hydrogen-bond acceptors (Lipinski definition) is 1. The average Bonchev–Trinajstić information content (AvgIpc) is 2.28. The first-order chi connectivity index (χ1) is 8.04. The molecule has 17 heavy (non-hydrogen) atoms. The van der Waals surface area contributed by atoms with Crippen molar-refractivity contribution < 1.29 is 4.43 Å². The second-order valence-electron chi connectivity index (χ2n) is 5.77. The van der Waals surface area contributed by atoms with Gasteiger partial charge in [0.2, 0.25) is 0 Å². The summed E-state index contributed by atoms with van der Waals surface area (Å²) in [7, 11) is -1.18. The van der Waals surface area contributed by atoms with Crippen molar-refractivity contribution in [3.8, 4) is 0 Å². The zero-order chi connectivity index (χ0) is 12.7. The molecular weight excluding hydrogens is 224 g/mol. The van der Waals surface area contributed by atoms with Crippen LogP contribution in [-0.2, 0) is 10.5 Å². The van der Waals surface area contributed by atoms with Crippen molar-refractivity contribution in [2.45, 2.75) is 51.6 Å². The lowest BCUT2D eigenvalue weighted by atomic mass is 10.2. The van der Waals surface area contributed by atoms with Gasteiger partial charge in [-0.15, -0.1) is 0 Å². The molecule has 2 heteroatoms. The van der Waals surface area contributed by atoms with Crippen LogP contribution >= 0.6 is 0 Å². The summed E-state index contributed by atoms with van der Waals surface area (Å²) in [5.41, 5.74) is 1.43. The molecular formula is C15H26OSi. The van der Waals surface area contributed by atoms with Crippen LogP contribution in [0.2, 0.25) is 5.04 Å². The lowest BCUT2D eigenvalue weighted by Crippen LogP contribution is -2.32. The van der Waals surface area contributed by atoms with E-state index in [1.807, 2.05) is 0 Å². The Hall–Kier alpha value is -0.603. The Morgan fingerprint density at radius 3 is 2.29 bits per heavy atom. The first kappa shape index (κ1) is 14.5. The highest BCUT2D eigenvalue weighted by atomic mass is 28.3. The molecule has 0 aliphatic heterocycles. The van der Waals surface area contributed by atoms with Gasteiger partial charge in [-0.25, -0.2) is 0 Å². The molecule has 0 heterocycles. The van der Waals surface area contributed by atoms with Crippen LogP contribution in [0.4, 0.5) is 0 Å². The van der Waals surface area contributed by atoms with Gasteiger partial charge in [0.1, 0.15) is 0 Å². The van der Waals surface area contributed by atoms with Gasteiger partial charge in [-0.05, 0) is 23.1 Å². The lowest BCUT2D eigenvalue weighted by Gasteiger charge is -2.29. The molecule has 1 atom stereocenters. The molecule has 96 valence electrons. The highest BCUT2D eigenvalue weighted by Gasteiger charge is 2.27. The van der Waals surface area contributed by atoms with Gasteiger partial charge in [-0.2, -0.15) is 0 Å². The SMILES string of the molecule is CCCCO[SiH](Cc1ccccc1)C(C)(C)C. The predicted octanol–water partition coefficient (Wildman–Crippen LogP) is 4.11. The minimum atomic E-state index is -1.18. The predicted molar refractivity (Wildman–Crippen MR) is 77.9 cm³/mol. The van der Waals surface area contributed by atoms with Gasteiger partial charge in [-0.1, -0.05) is 64.4 Å². The zero-order valence-corrected chi connectivity index (χ0v) is 12.9. The molecule has 0 aliphatic carbocycles. The van der Waals surface area contributed by atoms with Crippen molar-refractivity contribution in [2.24, 2.45) is 0 Å². The van der Waals surface area contributed by atoms with Crippen molar-refractivity contribution in [2.75, 3.05) is 6.61 Å². The van der Waals surface area contributed by atoms with Crippen molar-refractivity contribution >= 4 is 9.04 Å². The van der Waals surface area contributed by atoms with Gasteiger partial charge in [-0.3, -0.25) is 0 Å². The van der Waals surface area contributed by atoms with Crippen LogP contribution in [-0.4, -0.2) is 15.6 Å². The summed E-state index contributed by atoms with van der Waals surface area (Å²) in [5, 5.41) is 0.337. The third-order valence-corrected chi connectivity index (χ3v) is 6.46. The van der Waals surface area contributed by atoms with Gasteiger partial charge in [0.05, 0.1) is 0 Å². The Labute approximate surface area is 108 Å². The summed E-state index contributed by atoms with van der Waals surface area (Å²) < 4.78 is 6.19. The molecule has 0 spiro atoms. The fourth-order valence-corrected chi connectivity index (χ4v) is 4.19. The Morgan fingerprint density at radius 1 is 1.12 bits per heavy atom. The van der Waals surface area contributed by atoms with Gasteiger partial charge in [0.15, 0.2) is 9.04 Å². The van der Waals surface area contributed by atoms with E-state index in [9.17, 15) is 0 Å². The minimum Gasteiger partial charge on any atom is -0.419 e. The molecule has 1 aromatic carbocycles. The highest BCUT2D eigenvalue weighted by Crippen LogP contribution is 2.29. The minimum absolute atomic E-state index is 0.337. The van der Waals surface area contributed by atoms with E-state index in [0.717, 1.165) is 12.7 Å². The van der Waals surface area contributed by atoms with Gasteiger partial charge < -0.3 is 4.43 Å². The molecule has 0 aromatic heterocycles. The molecule has 0 bridgehead atoms. The topological polar surface area (TPSA) is 9.23 Å². The molecule has 0 radical (unpaired) electrons. The maximum Gasteiger partial charge on any atom is 0.186 e. The number of rotatable bonds is 6. The van der Waals surface area contributed by atoms with E-state index >= 15 is 0 Å². The van der Waals surface area contributed by atoms with E-state index in [1.165, 1.54) is 18.4 Å². The first-order valence-electron chi connectivity index (χ1n) is 6.69. The Bertz CT molecular complexity index is 302. The standard InChI is InChI=1S/C15H26OSi/c1-5-6-12-16-17(15(2,3)4)13-14-10-8-7-9-11-14/h7-11,17H,5-6,12-13H2,1-4H3. The van der Waals surface area contributed by atoms with Crippen molar-refractivity contribution in [3.63, 3.8) is 0 Å². The third-order valence-electron chi connectivity index (χ3n) is 3.05. The first-order valence-corrected chi connectivity index (χ1v) is 8.56. The van der Waals surface area contributed by atoms with Crippen LogP contribution in [0.1, 0.15) is 46.1 Å².